The lowest BCUT2D eigenvalue weighted by Crippen LogP contribution is -2.34. The molecule has 11 nitrogen and oxygen atoms in total. The zero-order valence-corrected chi connectivity index (χ0v) is 35.8. The number of imidazole rings is 2. The number of hydrogen-bond donors (Lipinski definition) is 4. The van der Waals surface area contributed by atoms with Crippen molar-refractivity contribution < 1.29 is 32.3 Å². The highest BCUT2D eigenvalue weighted by Gasteiger charge is 2.37. The number of methoxy groups -OCH3 is 1. The fraction of sp³-hybridized carbons (Fsp3) is 0.413. The Morgan fingerprint density at radius 1 is 0.900 bits per heavy atom. The smallest absolute Gasteiger partial charge is 0.433 e. The number of alkyl carbamates (subject to hydrolysis) is 1. The predicted octanol–water partition coefficient (Wildman–Crippen LogP) is 10.3. The van der Waals surface area contributed by atoms with Crippen LogP contribution in [0.5, 0.6) is 0 Å². The molecule has 0 aliphatic carbocycles. The second kappa shape index (κ2) is 24.9. The highest BCUT2D eigenvalue weighted by molar-refractivity contribution is 5.79. The van der Waals surface area contributed by atoms with Crippen molar-refractivity contribution >= 4 is 18.4 Å². The van der Waals surface area contributed by atoms with Gasteiger partial charge in [-0.2, -0.15) is 13.2 Å². The summed E-state index contributed by atoms with van der Waals surface area (Å²) in [4.78, 5) is 50.6. The Hall–Kier alpha value is -5.92. The van der Waals surface area contributed by atoms with Gasteiger partial charge in [-0.15, -0.1) is 0 Å². The van der Waals surface area contributed by atoms with Crippen LogP contribution in [-0.2, 0) is 33.3 Å². The zero-order chi connectivity index (χ0) is 44.1. The minimum Gasteiger partial charge on any atom is -0.453 e. The van der Waals surface area contributed by atoms with Crippen LogP contribution in [0.1, 0.15) is 103 Å². The van der Waals surface area contributed by atoms with E-state index in [1.54, 1.807) is 37.4 Å². The normalized spacial score (nSPS) is 13.6. The summed E-state index contributed by atoms with van der Waals surface area (Å²) in [5, 5.41) is 5.05. The summed E-state index contributed by atoms with van der Waals surface area (Å²) in [6, 6.07) is 23.7. The first-order valence-electron chi connectivity index (χ1n) is 20.6. The molecule has 0 spiro atoms. The lowest BCUT2D eigenvalue weighted by molar-refractivity contribution is -0.140. The molecule has 14 heteroatoms. The third kappa shape index (κ3) is 14.7. The van der Waals surface area contributed by atoms with Crippen LogP contribution in [0.2, 0.25) is 0 Å². The first-order valence-corrected chi connectivity index (χ1v) is 20.6. The van der Waals surface area contributed by atoms with Gasteiger partial charge < -0.3 is 30.2 Å². The van der Waals surface area contributed by atoms with Crippen molar-refractivity contribution in [2.75, 3.05) is 20.2 Å². The van der Waals surface area contributed by atoms with E-state index in [1.165, 1.54) is 20.0 Å². The molecule has 2 atom stereocenters. The zero-order valence-electron chi connectivity index (χ0n) is 35.8. The minimum absolute atomic E-state index is 0.0612. The molecule has 0 radical (unpaired) electrons. The van der Waals surface area contributed by atoms with Crippen LogP contribution in [0.4, 0.5) is 18.0 Å². The van der Waals surface area contributed by atoms with E-state index in [0.29, 0.717) is 24.9 Å². The summed E-state index contributed by atoms with van der Waals surface area (Å²) in [6.45, 7) is 13.7. The summed E-state index contributed by atoms with van der Waals surface area (Å²) >= 11 is 0. The fourth-order valence-corrected chi connectivity index (χ4v) is 6.27. The van der Waals surface area contributed by atoms with Gasteiger partial charge in [0.15, 0.2) is 0 Å². The van der Waals surface area contributed by atoms with E-state index >= 15 is 0 Å². The van der Waals surface area contributed by atoms with Crippen molar-refractivity contribution in [3.8, 4) is 33.6 Å². The van der Waals surface area contributed by atoms with Gasteiger partial charge in [0, 0.05) is 31.1 Å². The maximum Gasteiger partial charge on any atom is 0.433 e. The van der Waals surface area contributed by atoms with E-state index in [2.05, 4.69) is 63.0 Å². The van der Waals surface area contributed by atoms with Gasteiger partial charge in [-0.1, -0.05) is 126 Å². The van der Waals surface area contributed by atoms with E-state index in [4.69, 9.17) is 0 Å². The van der Waals surface area contributed by atoms with Gasteiger partial charge >= 0.3 is 12.3 Å². The van der Waals surface area contributed by atoms with Gasteiger partial charge in [-0.25, -0.2) is 14.8 Å². The minimum atomic E-state index is -4.64. The van der Waals surface area contributed by atoms with Crippen molar-refractivity contribution in [2.45, 2.75) is 105 Å². The monoisotopic (exact) mass is 831 g/mol. The summed E-state index contributed by atoms with van der Waals surface area (Å²) in [5.41, 5.74) is 3.62. The molecule has 3 amide bonds. The predicted molar refractivity (Wildman–Crippen MR) is 231 cm³/mol. The number of carbonyl (C=O) groups is 3. The fourth-order valence-electron chi connectivity index (χ4n) is 6.27. The van der Waals surface area contributed by atoms with Gasteiger partial charge in [0.25, 0.3) is 0 Å². The van der Waals surface area contributed by atoms with Crippen molar-refractivity contribution in [3.63, 3.8) is 0 Å². The van der Waals surface area contributed by atoms with Crippen molar-refractivity contribution in [3.05, 3.63) is 108 Å². The average Bonchev–Trinajstić information content (AvgIpc) is 4.02. The number of nitrogens with one attached hydrogen (secondary N) is 4. The molecule has 3 heterocycles. The molecule has 0 saturated carbocycles. The van der Waals surface area contributed by atoms with Crippen LogP contribution in [0.3, 0.4) is 0 Å². The maximum absolute atomic E-state index is 13.9. The molecule has 2 unspecified atom stereocenters. The molecule has 1 aliphatic rings. The number of aromatic nitrogens is 4. The Morgan fingerprint density at radius 2 is 1.48 bits per heavy atom. The number of ether oxygens (including phenoxy) is 1. The maximum atomic E-state index is 13.9. The highest BCUT2D eigenvalue weighted by atomic mass is 19.4. The van der Waals surface area contributed by atoms with E-state index in [0.717, 1.165) is 59.6 Å². The largest absolute Gasteiger partial charge is 0.453 e. The number of nitrogens with zero attached hydrogens (tertiary/aromatic N) is 3. The molecular formula is C46H60F3N7O4. The standard InChI is InChI=1S/C36H35F3N6O3.C4H9NO.2C3H8/c1-22(41-35(47)48-2)19-30-43-32(33(44-30)36(37,38)39)27-16-12-25(13-17-27)24-10-14-26(15-11-24)28-21-40-34(42-28)29-9-6-18-45(29)31(46)20-23-7-4-3-5-8-23;1-2-3-5-4-6;2*1-3-2/h3-5,7-8,10-17,21-22,29H,6,9,18-20H2,1-2H3,(H,40,42)(H,41,47)(H,43,44);4H,2-3H2,1H3,(H,5,6);2*3H2,1-2H3. The third-order valence-corrected chi connectivity index (χ3v) is 8.93. The second-order valence-electron chi connectivity index (χ2n) is 14.4. The average molecular weight is 832 g/mol. The first-order chi connectivity index (χ1) is 28.8. The Kier molecular flexibility index (Phi) is 20.1. The number of rotatable bonds is 12. The second-order valence-corrected chi connectivity index (χ2v) is 14.4. The molecule has 2 aromatic heterocycles. The van der Waals surface area contributed by atoms with E-state index in [9.17, 15) is 27.6 Å². The summed E-state index contributed by atoms with van der Waals surface area (Å²) in [6.07, 6.45) is 2.86. The summed E-state index contributed by atoms with van der Waals surface area (Å²) in [7, 11) is 1.21. The molecule has 3 aromatic carbocycles. The number of amides is 3. The van der Waals surface area contributed by atoms with Crippen LogP contribution in [0.15, 0.2) is 85.1 Å². The van der Waals surface area contributed by atoms with Crippen molar-refractivity contribution in [1.82, 2.24) is 35.5 Å². The Balaban J connectivity index is 0.000000710. The quantitative estimate of drug-likeness (QED) is 0.0728. The molecule has 6 rings (SSSR count). The van der Waals surface area contributed by atoms with E-state index in [-0.39, 0.29) is 29.9 Å². The van der Waals surface area contributed by atoms with Crippen LogP contribution in [0, 0.1) is 0 Å². The number of benzene rings is 3. The van der Waals surface area contributed by atoms with Crippen LogP contribution in [-0.4, -0.2) is 69.5 Å². The molecule has 1 fully saturated rings. The highest BCUT2D eigenvalue weighted by Crippen LogP contribution is 2.37. The lowest BCUT2D eigenvalue weighted by Gasteiger charge is -2.23. The van der Waals surface area contributed by atoms with Gasteiger partial charge in [0.2, 0.25) is 12.3 Å². The summed E-state index contributed by atoms with van der Waals surface area (Å²) < 4.78 is 46.3. The van der Waals surface area contributed by atoms with Crippen LogP contribution in [0.25, 0.3) is 33.6 Å². The molecule has 0 bridgehead atoms. The Morgan fingerprint density at radius 3 is 2.02 bits per heavy atom. The molecule has 1 aliphatic heterocycles. The molecule has 324 valence electrons. The van der Waals surface area contributed by atoms with Gasteiger partial charge in [0.05, 0.1) is 31.5 Å². The number of carbonyl (C=O) groups excluding carboxylic acids is 3. The first kappa shape index (κ1) is 48.4. The van der Waals surface area contributed by atoms with E-state index < -0.39 is 24.0 Å². The molecule has 4 N–H and O–H groups in total. The molecule has 60 heavy (non-hydrogen) atoms. The topological polar surface area (TPSA) is 145 Å². The number of H-pyrrole nitrogens is 2. The van der Waals surface area contributed by atoms with Crippen molar-refractivity contribution in [2.24, 2.45) is 0 Å². The van der Waals surface area contributed by atoms with Crippen LogP contribution < -0.4 is 10.6 Å². The SMILES string of the molecule is CCC.CCC.CCCNC=O.COC(=O)NC(C)Cc1nc(-c2ccc(-c3ccc(-c4cnc(C5CCCN5C(=O)Cc5ccccc5)[nH]4)cc3)cc2)c(C(F)(F)F)[nH]1. The van der Waals surface area contributed by atoms with Gasteiger partial charge in [0.1, 0.15) is 23.0 Å². The Labute approximate surface area is 352 Å². The van der Waals surface area contributed by atoms with Gasteiger partial charge in [-0.05, 0) is 48.4 Å². The van der Waals surface area contributed by atoms with E-state index in [1.807, 2.05) is 66.4 Å². The molecule has 5 aromatic rings. The number of likely N-dealkylation sites (tertiary alicyclic amines) is 1. The van der Waals surface area contributed by atoms with Crippen LogP contribution >= 0.6 is 0 Å². The number of aromatic amines is 2. The van der Waals surface area contributed by atoms with Gasteiger partial charge in [-0.3, -0.25) is 9.59 Å². The lowest BCUT2D eigenvalue weighted by atomic mass is 10.0. The summed E-state index contributed by atoms with van der Waals surface area (Å²) in [5.74, 6) is 0.946. The van der Waals surface area contributed by atoms with Crippen molar-refractivity contribution in [1.29, 1.82) is 0 Å². The number of alkyl halides is 3. The Bertz CT molecular complexity index is 2010. The number of hydrogen-bond acceptors (Lipinski definition) is 6. The third-order valence-electron chi connectivity index (χ3n) is 8.93. The number of halogens is 3. The molecular weight excluding hydrogens is 772 g/mol. The molecule has 1 saturated heterocycles.